The number of thioether (sulfide) groups is 1. The zero-order chi connectivity index (χ0) is 31.6. The molecule has 4 heterocycles. The maximum Gasteiger partial charge on any atom is 0.410 e. The third kappa shape index (κ3) is 10.1. The zero-order valence-electron chi connectivity index (χ0n) is 27.6. The summed E-state index contributed by atoms with van der Waals surface area (Å²) >= 11 is 4.27. The number of ether oxygens (including phenoxy) is 3. The van der Waals surface area contributed by atoms with Gasteiger partial charge in [-0.1, -0.05) is 39.3 Å². The second-order valence-electron chi connectivity index (χ2n) is 15.4. The van der Waals surface area contributed by atoms with Gasteiger partial charge in [-0.3, -0.25) is 0 Å². The molecule has 2 atom stereocenters. The van der Waals surface area contributed by atoms with Crippen molar-refractivity contribution in [3.05, 3.63) is 21.5 Å². The molecule has 9 nitrogen and oxygen atoms in total. The molecule has 2 unspecified atom stereocenters. The first-order valence-electron chi connectivity index (χ1n) is 15.5. The Labute approximate surface area is 278 Å². The molecule has 0 aromatic carbocycles. The van der Waals surface area contributed by atoms with Gasteiger partial charge in [0.1, 0.15) is 24.9 Å². The van der Waals surface area contributed by atoms with Gasteiger partial charge in [0.05, 0.1) is 9.77 Å². The highest BCUT2D eigenvalue weighted by atomic mass is 127. The lowest BCUT2D eigenvalue weighted by atomic mass is 9.84. The van der Waals surface area contributed by atoms with Crippen molar-refractivity contribution >= 4 is 68.1 Å². The Morgan fingerprint density at radius 2 is 1.58 bits per heavy atom. The number of carbonyl (C=O) groups excluding carboxylic acids is 1. The molecule has 43 heavy (non-hydrogen) atoms. The van der Waals surface area contributed by atoms with Crippen molar-refractivity contribution in [2.24, 2.45) is 0 Å². The van der Waals surface area contributed by atoms with E-state index in [0.717, 1.165) is 70.4 Å². The number of hydrogen-bond donors (Lipinski definition) is 0. The van der Waals surface area contributed by atoms with Gasteiger partial charge in [-0.25, -0.2) is 9.78 Å². The van der Waals surface area contributed by atoms with Crippen molar-refractivity contribution in [3.63, 3.8) is 0 Å². The van der Waals surface area contributed by atoms with Crippen LogP contribution in [0, 0.1) is 3.57 Å². The smallest absolute Gasteiger partial charge is 0.410 e. The largest absolute Gasteiger partial charge is 0.444 e. The Balaban J connectivity index is 1.60. The summed E-state index contributed by atoms with van der Waals surface area (Å²) in [5.74, 6) is 3.03. The van der Waals surface area contributed by atoms with Crippen LogP contribution < -0.4 is 4.90 Å². The van der Waals surface area contributed by atoms with Crippen LogP contribution in [-0.2, 0) is 14.2 Å². The van der Waals surface area contributed by atoms with Crippen LogP contribution in [0.3, 0.4) is 0 Å². The lowest BCUT2D eigenvalue weighted by Crippen LogP contribution is -2.57. The molecule has 242 valence electrons. The normalized spacial score (nSPS) is 21.3. The van der Waals surface area contributed by atoms with Crippen LogP contribution in [0.5, 0.6) is 0 Å². The van der Waals surface area contributed by atoms with Gasteiger partial charge < -0.3 is 24.0 Å². The molecule has 2 saturated heterocycles. The molecule has 13 heteroatoms. The third-order valence-electron chi connectivity index (χ3n) is 7.78. The van der Waals surface area contributed by atoms with Crippen LogP contribution in [0.15, 0.2) is 12.3 Å². The van der Waals surface area contributed by atoms with Crippen molar-refractivity contribution in [2.45, 2.75) is 109 Å². The maximum atomic E-state index is 13.2. The molecule has 0 saturated carbocycles. The molecule has 0 N–H and O–H groups in total. The summed E-state index contributed by atoms with van der Waals surface area (Å²) in [5, 5.41) is 4.72. The minimum Gasteiger partial charge on any atom is -0.444 e. The van der Waals surface area contributed by atoms with Crippen molar-refractivity contribution < 1.29 is 19.0 Å². The van der Waals surface area contributed by atoms with Crippen molar-refractivity contribution in [3.8, 4) is 0 Å². The highest BCUT2D eigenvalue weighted by Gasteiger charge is 2.44. The summed E-state index contributed by atoms with van der Waals surface area (Å²) in [6, 6.07) is 4.69. The number of amides is 1. The molecular weight excluding hydrogens is 710 g/mol. The predicted octanol–water partition coefficient (Wildman–Crippen LogP) is 7.36. The molecule has 2 aromatic rings. The Hall–Kier alpha value is -0.876. The minimum absolute atomic E-state index is 0.133. The predicted molar refractivity (Wildman–Crippen MR) is 191 cm³/mol. The summed E-state index contributed by atoms with van der Waals surface area (Å²) < 4.78 is 21.3. The lowest BCUT2D eigenvalue weighted by molar-refractivity contribution is -0.00295. The van der Waals surface area contributed by atoms with E-state index < -0.39 is 21.7 Å². The molecule has 2 aliphatic heterocycles. The number of carbonyl (C=O) groups is 1. The van der Waals surface area contributed by atoms with Crippen molar-refractivity contribution in [2.75, 3.05) is 43.1 Å². The van der Waals surface area contributed by atoms with Crippen LogP contribution in [0.25, 0.3) is 5.65 Å². The van der Waals surface area contributed by atoms with E-state index in [9.17, 15) is 4.79 Å². The van der Waals surface area contributed by atoms with Gasteiger partial charge >= 0.3 is 6.09 Å². The monoisotopic (exact) mass is 761 g/mol. The van der Waals surface area contributed by atoms with E-state index in [1.807, 2.05) is 48.1 Å². The van der Waals surface area contributed by atoms with Crippen LogP contribution in [0.2, 0.25) is 51.4 Å². The van der Waals surface area contributed by atoms with E-state index in [2.05, 4.69) is 72.8 Å². The number of anilines is 1. The van der Waals surface area contributed by atoms with Crippen LogP contribution in [0.4, 0.5) is 10.6 Å². The first-order chi connectivity index (χ1) is 20.0. The Bertz CT molecular complexity index is 1210. The van der Waals surface area contributed by atoms with Gasteiger partial charge in [0, 0.05) is 70.6 Å². The van der Waals surface area contributed by atoms with Crippen LogP contribution in [-0.4, -0.2) is 97.6 Å². The summed E-state index contributed by atoms with van der Waals surface area (Å²) in [6.45, 7) is 22.4. The average molecular weight is 762 g/mol. The zero-order valence-corrected chi connectivity index (χ0v) is 32.6. The number of hydrogen-bond acceptors (Lipinski definition) is 8. The average Bonchev–Trinajstić information content (AvgIpc) is 3.25. The molecule has 0 radical (unpaired) electrons. The van der Waals surface area contributed by atoms with Gasteiger partial charge in [-0.15, -0.1) is 0 Å². The molecule has 2 aliphatic rings. The fourth-order valence-electron chi connectivity index (χ4n) is 5.42. The summed E-state index contributed by atoms with van der Waals surface area (Å²) in [4.78, 5) is 22.6. The van der Waals surface area contributed by atoms with Crippen molar-refractivity contribution in [1.29, 1.82) is 0 Å². The third-order valence-corrected chi connectivity index (χ3v) is 13.2. The summed E-state index contributed by atoms with van der Waals surface area (Å²) in [7, 11) is -2.42. The van der Waals surface area contributed by atoms with E-state index in [0.29, 0.717) is 13.5 Å². The van der Waals surface area contributed by atoms with Gasteiger partial charge in [0.2, 0.25) is 0 Å². The first kappa shape index (κ1) is 35.0. The fourth-order valence-corrected chi connectivity index (χ4v) is 8.68. The number of piperidine rings is 1. The second kappa shape index (κ2) is 14.3. The van der Waals surface area contributed by atoms with Gasteiger partial charge in [-0.2, -0.15) is 21.4 Å². The van der Waals surface area contributed by atoms with Crippen molar-refractivity contribution in [1.82, 2.24) is 19.5 Å². The number of halogens is 1. The standard InChI is InChI=1S/C30H52IN5O4SSi2/c1-30(2,3)40-29(37)35-23-14-22(15-24(35)19-41-18-23)26-16-27(36-28(33-26)25(31)17-32-36)34(20-38-10-12-42(4,5)6)21-39-11-13-43(7,8)9/h16-17,22-24H,10-15,18-21H2,1-9H3. The SMILES string of the molecule is CC(C)(C)OC(=O)N1C2CSCC1CC(c1cc(N(COCC[Si](C)(C)C)COCC[Si](C)(C)C)n3ncc(I)c3n1)C2. The Morgan fingerprint density at radius 3 is 2.09 bits per heavy atom. The summed E-state index contributed by atoms with van der Waals surface area (Å²) in [6.07, 6.45) is 3.43. The number of nitrogens with zero attached hydrogens (tertiary/aromatic N) is 5. The number of aromatic nitrogens is 3. The lowest BCUT2D eigenvalue weighted by Gasteiger charge is -2.48. The Morgan fingerprint density at radius 1 is 1.02 bits per heavy atom. The molecule has 0 aliphatic carbocycles. The molecular formula is C30H52IN5O4SSi2. The maximum absolute atomic E-state index is 13.2. The van der Waals surface area contributed by atoms with Gasteiger partial charge in [0.25, 0.3) is 0 Å². The topological polar surface area (TPSA) is 81.4 Å². The van der Waals surface area contributed by atoms with Gasteiger partial charge in [-0.05, 0) is 68.3 Å². The molecule has 4 rings (SSSR count). The van der Waals surface area contributed by atoms with E-state index >= 15 is 0 Å². The van der Waals surface area contributed by atoms with Gasteiger partial charge in [0.15, 0.2) is 5.65 Å². The number of rotatable bonds is 12. The highest BCUT2D eigenvalue weighted by molar-refractivity contribution is 14.1. The van der Waals surface area contributed by atoms with E-state index in [1.54, 1.807) is 0 Å². The quantitative estimate of drug-likeness (QED) is 0.0962. The molecule has 2 bridgehead atoms. The minimum atomic E-state index is -1.21. The van der Waals surface area contributed by atoms with E-state index in [4.69, 9.17) is 24.3 Å². The van der Waals surface area contributed by atoms with Crippen LogP contribution >= 0.6 is 34.4 Å². The van der Waals surface area contributed by atoms with E-state index in [-0.39, 0.29) is 24.1 Å². The Kier molecular flexibility index (Phi) is 11.6. The molecule has 2 aromatic heterocycles. The fraction of sp³-hybridized carbons (Fsp3) is 0.767. The molecule has 0 spiro atoms. The molecule has 1 amide bonds. The highest BCUT2D eigenvalue weighted by Crippen LogP contribution is 2.41. The first-order valence-corrected chi connectivity index (χ1v) is 25.2. The van der Waals surface area contributed by atoms with Crippen LogP contribution in [0.1, 0.15) is 45.2 Å². The summed E-state index contributed by atoms with van der Waals surface area (Å²) in [5.41, 5.74) is 1.41. The second-order valence-corrected chi connectivity index (χ2v) is 28.9. The molecule has 2 fully saturated rings. The number of fused-ring (bicyclic) bond motifs is 3. The van der Waals surface area contributed by atoms with E-state index in [1.165, 1.54) is 0 Å².